The van der Waals surface area contributed by atoms with Crippen LogP contribution in [0.1, 0.15) is 12.0 Å². The third kappa shape index (κ3) is 4.24. The number of carbonyl (C=O) groups is 1. The largest absolute Gasteiger partial charge is 0.492 e. The summed E-state index contributed by atoms with van der Waals surface area (Å²) in [5.74, 6) is 0.160. The van der Waals surface area contributed by atoms with Crippen LogP contribution in [0, 0.1) is 6.92 Å². The molecule has 0 bridgehead atoms. The van der Waals surface area contributed by atoms with Gasteiger partial charge in [0.2, 0.25) is 0 Å². The second-order valence-corrected chi connectivity index (χ2v) is 4.11. The van der Waals surface area contributed by atoms with Crippen LogP contribution < -0.4 is 10.5 Å². The van der Waals surface area contributed by atoms with Crippen LogP contribution in [0.5, 0.6) is 5.75 Å². The van der Waals surface area contributed by atoms with E-state index in [1.54, 1.807) is 6.07 Å². The molecule has 1 unspecified atom stereocenters. The van der Waals surface area contributed by atoms with Crippen molar-refractivity contribution in [3.05, 3.63) is 28.8 Å². The molecule has 0 fully saturated rings. The van der Waals surface area contributed by atoms with Gasteiger partial charge in [0, 0.05) is 6.42 Å². The van der Waals surface area contributed by atoms with Gasteiger partial charge >= 0.3 is 5.97 Å². The van der Waals surface area contributed by atoms with Crippen LogP contribution in [0.15, 0.2) is 18.2 Å². The van der Waals surface area contributed by atoms with E-state index in [1.165, 1.54) is 7.11 Å². The Labute approximate surface area is 106 Å². The van der Waals surface area contributed by atoms with Crippen molar-refractivity contribution in [2.24, 2.45) is 5.73 Å². The average molecular weight is 258 g/mol. The monoisotopic (exact) mass is 257 g/mol. The van der Waals surface area contributed by atoms with E-state index < -0.39 is 12.0 Å². The third-order valence-corrected chi connectivity index (χ3v) is 2.59. The third-order valence-electron chi connectivity index (χ3n) is 2.28. The Morgan fingerprint density at radius 3 is 2.88 bits per heavy atom. The topological polar surface area (TPSA) is 61.5 Å². The second kappa shape index (κ2) is 6.47. The minimum Gasteiger partial charge on any atom is -0.492 e. The molecule has 0 heterocycles. The number of esters is 1. The van der Waals surface area contributed by atoms with E-state index >= 15 is 0 Å². The molecule has 0 saturated carbocycles. The molecule has 0 aromatic heterocycles. The summed E-state index contributed by atoms with van der Waals surface area (Å²) in [5.41, 5.74) is 6.63. The molecule has 0 spiro atoms. The van der Waals surface area contributed by atoms with Crippen LogP contribution >= 0.6 is 11.6 Å². The molecule has 0 amide bonds. The van der Waals surface area contributed by atoms with Crippen LogP contribution in [0.2, 0.25) is 5.02 Å². The van der Waals surface area contributed by atoms with Gasteiger partial charge in [0.25, 0.3) is 0 Å². The molecule has 4 nitrogen and oxygen atoms in total. The first-order chi connectivity index (χ1) is 8.04. The number of benzene rings is 1. The smallest absolute Gasteiger partial charge is 0.322 e. The lowest BCUT2D eigenvalue weighted by molar-refractivity contribution is -0.142. The van der Waals surface area contributed by atoms with Crippen LogP contribution in [-0.4, -0.2) is 25.7 Å². The van der Waals surface area contributed by atoms with Gasteiger partial charge in [-0.05, 0) is 24.6 Å². The van der Waals surface area contributed by atoms with E-state index in [-0.39, 0.29) is 0 Å². The first-order valence-corrected chi connectivity index (χ1v) is 5.64. The van der Waals surface area contributed by atoms with Gasteiger partial charge in [-0.15, -0.1) is 0 Å². The van der Waals surface area contributed by atoms with Gasteiger partial charge in [0.1, 0.15) is 11.8 Å². The summed E-state index contributed by atoms with van der Waals surface area (Å²) in [4.78, 5) is 11.0. The number of methoxy groups -OCH3 is 1. The van der Waals surface area contributed by atoms with E-state index in [2.05, 4.69) is 4.74 Å². The molecule has 1 rings (SSSR count). The Morgan fingerprint density at radius 2 is 2.24 bits per heavy atom. The predicted octanol–water partition coefficient (Wildman–Crippen LogP) is 1.92. The van der Waals surface area contributed by atoms with Crippen molar-refractivity contribution in [3.8, 4) is 5.75 Å². The SMILES string of the molecule is COC(=O)C(N)CCOc1cc(C)ccc1Cl. The summed E-state index contributed by atoms with van der Waals surface area (Å²) in [6.07, 6.45) is 0.386. The first kappa shape index (κ1) is 13.8. The molecule has 0 aliphatic rings. The molecule has 0 radical (unpaired) electrons. The molecular weight excluding hydrogens is 242 g/mol. The van der Waals surface area contributed by atoms with Gasteiger partial charge in [0.05, 0.1) is 18.7 Å². The number of halogens is 1. The summed E-state index contributed by atoms with van der Waals surface area (Å²) < 4.78 is 9.98. The normalized spacial score (nSPS) is 12.0. The molecule has 0 aliphatic carbocycles. The van der Waals surface area contributed by atoms with Gasteiger partial charge in [0.15, 0.2) is 0 Å². The minimum absolute atomic E-state index is 0.319. The van der Waals surface area contributed by atoms with Crippen molar-refractivity contribution >= 4 is 17.6 Å². The Hall–Kier alpha value is -1.26. The zero-order valence-electron chi connectivity index (χ0n) is 9.90. The Bertz CT molecular complexity index is 395. The fraction of sp³-hybridized carbons (Fsp3) is 0.417. The van der Waals surface area contributed by atoms with Gasteiger partial charge < -0.3 is 15.2 Å². The standard InChI is InChI=1S/C12H16ClNO3/c1-8-3-4-9(13)11(7-8)17-6-5-10(14)12(15)16-2/h3-4,7,10H,5-6,14H2,1-2H3. The van der Waals surface area contributed by atoms with Crippen LogP contribution in [0.25, 0.3) is 0 Å². The van der Waals surface area contributed by atoms with Crippen molar-refractivity contribution in [1.29, 1.82) is 0 Å². The molecule has 2 N–H and O–H groups in total. The van der Waals surface area contributed by atoms with Crippen molar-refractivity contribution in [1.82, 2.24) is 0 Å². The molecule has 17 heavy (non-hydrogen) atoms. The highest BCUT2D eigenvalue weighted by Crippen LogP contribution is 2.25. The zero-order chi connectivity index (χ0) is 12.8. The summed E-state index contributed by atoms with van der Waals surface area (Å²) in [5, 5.41) is 0.544. The molecule has 0 aliphatic heterocycles. The van der Waals surface area contributed by atoms with Gasteiger partial charge in [-0.3, -0.25) is 4.79 Å². The molecule has 94 valence electrons. The highest BCUT2D eigenvalue weighted by atomic mass is 35.5. The van der Waals surface area contributed by atoms with E-state index in [0.717, 1.165) is 5.56 Å². The van der Waals surface area contributed by atoms with Crippen LogP contribution in [-0.2, 0) is 9.53 Å². The Balaban J connectivity index is 2.45. The van der Waals surface area contributed by atoms with Gasteiger partial charge in [-0.2, -0.15) is 0 Å². The van der Waals surface area contributed by atoms with Crippen molar-refractivity contribution in [2.45, 2.75) is 19.4 Å². The van der Waals surface area contributed by atoms with Crippen molar-refractivity contribution in [2.75, 3.05) is 13.7 Å². The molecule has 1 aromatic carbocycles. The van der Waals surface area contributed by atoms with E-state index in [9.17, 15) is 4.79 Å². The number of hydrogen-bond donors (Lipinski definition) is 1. The van der Waals surface area contributed by atoms with Crippen molar-refractivity contribution < 1.29 is 14.3 Å². The maximum Gasteiger partial charge on any atom is 0.322 e. The number of ether oxygens (including phenoxy) is 2. The molecule has 1 atom stereocenters. The number of aryl methyl sites for hydroxylation is 1. The Morgan fingerprint density at radius 1 is 1.53 bits per heavy atom. The minimum atomic E-state index is -0.663. The highest BCUT2D eigenvalue weighted by Gasteiger charge is 2.13. The number of hydrogen-bond acceptors (Lipinski definition) is 4. The van der Waals surface area contributed by atoms with Crippen molar-refractivity contribution in [3.63, 3.8) is 0 Å². The maximum atomic E-state index is 11.0. The summed E-state index contributed by atoms with van der Waals surface area (Å²) in [6.45, 7) is 2.27. The zero-order valence-corrected chi connectivity index (χ0v) is 10.7. The molecule has 0 saturated heterocycles. The van der Waals surface area contributed by atoms with E-state index in [0.29, 0.717) is 23.8 Å². The van der Waals surface area contributed by atoms with E-state index in [1.807, 2.05) is 19.1 Å². The summed E-state index contributed by atoms with van der Waals surface area (Å²) in [6, 6.07) is 4.84. The molecular formula is C12H16ClNO3. The van der Waals surface area contributed by atoms with E-state index in [4.69, 9.17) is 22.1 Å². The summed E-state index contributed by atoms with van der Waals surface area (Å²) >= 11 is 5.95. The average Bonchev–Trinajstić information content (AvgIpc) is 2.32. The van der Waals surface area contributed by atoms with Gasteiger partial charge in [-0.1, -0.05) is 17.7 Å². The number of nitrogens with two attached hydrogens (primary N) is 1. The highest BCUT2D eigenvalue weighted by molar-refractivity contribution is 6.32. The number of carbonyl (C=O) groups excluding carboxylic acids is 1. The second-order valence-electron chi connectivity index (χ2n) is 3.70. The lowest BCUT2D eigenvalue weighted by Crippen LogP contribution is -2.33. The summed E-state index contributed by atoms with van der Waals surface area (Å²) in [7, 11) is 1.31. The lowest BCUT2D eigenvalue weighted by atomic mass is 10.2. The van der Waals surface area contributed by atoms with Gasteiger partial charge in [-0.25, -0.2) is 0 Å². The first-order valence-electron chi connectivity index (χ1n) is 5.27. The fourth-order valence-corrected chi connectivity index (χ4v) is 1.46. The molecule has 1 aromatic rings. The maximum absolute atomic E-state index is 11.0. The number of rotatable bonds is 5. The van der Waals surface area contributed by atoms with Crippen LogP contribution in [0.3, 0.4) is 0 Å². The van der Waals surface area contributed by atoms with Crippen LogP contribution in [0.4, 0.5) is 0 Å². The Kier molecular flexibility index (Phi) is 5.25. The lowest BCUT2D eigenvalue weighted by Gasteiger charge is -2.11. The quantitative estimate of drug-likeness (QED) is 0.819. The predicted molar refractivity (Wildman–Crippen MR) is 66.3 cm³/mol. The molecule has 5 heteroatoms. The fourth-order valence-electron chi connectivity index (χ4n) is 1.29.